The van der Waals surface area contributed by atoms with Gasteiger partial charge in [-0.3, -0.25) is 0 Å². The molecule has 0 saturated heterocycles. The first-order chi connectivity index (χ1) is 9.93. The fourth-order valence-electron chi connectivity index (χ4n) is 2.18. The lowest BCUT2D eigenvalue weighted by atomic mass is 9.90. The number of aliphatic hydroxyl groups is 1. The summed E-state index contributed by atoms with van der Waals surface area (Å²) in [6, 6.07) is 16.7. The lowest BCUT2D eigenvalue weighted by Crippen LogP contribution is -2.46. The summed E-state index contributed by atoms with van der Waals surface area (Å²) in [5.74, 6) is 0. The third-order valence-corrected chi connectivity index (χ3v) is 4.10. The standard InChI is InChI=1S/C17H20ClNO2/c1-17(2,16(20)13-8-4-3-5-9-13)19(21)12-14-10-6-7-11-15(14)18/h3-11,16,20-21H,12H2,1-2H3. The molecule has 2 rings (SSSR count). The maximum atomic E-state index is 10.5. The van der Waals surface area contributed by atoms with Gasteiger partial charge in [0.1, 0.15) is 0 Å². The molecule has 0 spiro atoms. The van der Waals surface area contributed by atoms with E-state index in [4.69, 9.17) is 11.6 Å². The molecule has 4 heteroatoms. The molecule has 2 aromatic rings. The van der Waals surface area contributed by atoms with Crippen molar-refractivity contribution >= 4 is 11.6 Å². The quantitative estimate of drug-likeness (QED) is 0.819. The van der Waals surface area contributed by atoms with Crippen molar-refractivity contribution in [3.05, 3.63) is 70.7 Å². The van der Waals surface area contributed by atoms with Crippen molar-refractivity contribution in [3.63, 3.8) is 0 Å². The summed E-state index contributed by atoms with van der Waals surface area (Å²) >= 11 is 6.11. The van der Waals surface area contributed by atoms with Crippen molar-refractivity contribution in [1.82, 2.24) is 5.06 Å². The molecule has 2 N–H and O–H groups in total. The second-order valence-electron chi connectivity index (χ2n) is 5.62. The van der Waals surface area contributed by atoms with Gasteiger partial charge in [-0.05, 0) is 31.0 Å². The van der Waals surface area contributed by atoms with Gasteiger partial charge in [-0.1, -0.05) is 60.1 Å². The first kappa shape index (κ1) is 16.0. The number of hydroxylamine groups is 2. The van der Waals surface area contributed by atoms with Gasteiger partial charge in [0.15, 0.2) is 0 Å². The van der Waals surface area contributed by atoms with E-state index in [9.17, 15) is 10.3 Å². The predicted octanol–water partition coefficient (Wildman–Crippen LogP) is 4.04. The van der Waals surface area contributed by atoms with Crippen molar-refractivity contribution < 1.29 is 10.3 Å². The summed E-state index contributed by atoms with van der Waals surface area (Å²) in [7, 11) is 0. The van der Waals surface area contributed by atoms with Gasteiger partial charge in [0.2, 0.25) is 0 Å². The van der Waals surface area contributed by atoms with Crippen molar-refractivity contribution in [1.29, 1.82) is 0 Å². The molecule has 2 aromatic carbocycles. The van der Waals surface area contributed by atoms with Crippen LogP contribution in [0.3, 0.4) is 0 Å². The lowest BCUT2D eigenvalue weighted by molar-refractivity contribution is -0.203. The highest BCUT2D eigenvalue weighted by Crippen LogP contribution is 2.31. The number of rotatable bonds is 5. The minimum atomic E-state index is -0.847. The second-order valence-corrected chi connectivity index (χ2v) is 6.02. The second kappa shape index (κ2) is 6.58. The van der Waals surface area contributed by atoms with Crippen LogP contribution in [0.1, 0.15) is 31.1 Å². The van der Waals surface area contributed by atoms with Crippen LogP contribution < -0.4 is 0 Å². The zero-order valence-corrected chi connectivity index (χ0v) is 13.0. The highest BCUT2D eigenvalue weighted by Gasteiger charge is 2.35. The third-order valence-electron chi connectivity index (χ3n) is 3.73. The summed E-state index contributed by atoms with van der Waals surface area (Å²) in [6.45, 7) is 3.83. The molecule has 1 atom stereocenters. The molecule has 112 valence electrons. The van der Waals surface area contributed by atoms with E-state index in [0.29, 0.717) is 5.02 Å². The molecule has 0 aliphatic rings. The minimum absolute atomic E-state index is 0.247. The Morgan fingerprint density at radius 1 is 1.05 bits per heavy atom. The van der Waals surface area contributed by atoms with E-state index in [1.54, 1.807) is 19.9 Å². The number of hydrogen-bond acceptors (Lipinski definition) is 3. The van der Waals surface area contributed by atoms with Crippen molar-refractivity contribution in [2.24, 2.45) is 0 Å². The molecular formula is C17H20ClNO2. The van der Waals surface area contributed by atoms with E-state index >= 15 is 0 Å². The Kier molecular flexibility index (Phi) is 5.01. The van der Waals surface area contributed by atoms with Gasteiger partial charge in [-0.2, -0.15) is 5.06 Å². The average molecular weight is 306 g/mol. The van der Waals surface area contributed by atoms with Gasteiger partial charge >= 0.3 is 0 Å². The number of hydrogen-bond donors (Lipinski definition) is 2. The van der Waals surface area contributed by atoms with Crippen LogP contribution in [0.2, 0.25) is 5.02 Å². The van der Waals surface area contributed by atoms with Crippen LogP contribution in [0.4, 0.5) is 0 Å². The summed E-state index contributed by atoms with van der Waals surface area (Å²) < 4.78 is 0. The van der Waals surface area contributed by atoms with Crippen LogP contribution in [-0.4, -0.2) is 20.9 Å². The molecule has 3 nitrogen and oxygen atoms in total. The van der Waals surface area contributed by atoms with Gasteiger partial charge in [-0.25, -0.2) is 0 Å². The zero-order chi connectivity index (χ0) is 15.5. The summed E-state index contributed by atoms with van der Waals surface area (Å²) in [6.07, 6.45) is -0.814. The Balaban J connectivity index is 2.17. The van der Waals surface area contributed by atoms with Gasteiger partial charge in [0.05, 0.1) is 18.2 Å². The number of nitrogens with zero attached hydrogens (tertiary/aromatic N) is 1. The maximum Gasteiger partial charge on any atom is 0.0991 e. The van der Waals surface area contributed by atoms with E-state index in [2.05, 4.69) is 0 Å². The summed E-state index contributed by atoms with van der Waals surface area (Å²) in [5, 5.41) is 22.7. The molecule has 0 aromatic heterocycles. The Morgan fingerprint density at radius 2 is 1.62 bits per heavy atom. The molecule has 0 fully saturated rings. The number of benzene rings is 2. The third kappa shape index (κ3) is 3.63. The Morgan fingerprint density at radius 3 is 2.24 bits per heavy atom. The topological polar surface area (TPSA) is 43.7 Å². The van der Waals surface area contributed by atoms with E-state index in [1.165, 1.54) is 0 Å². The van der Waals surface area contributed by atoms with Crippen LogP contribution in [0.15, 0.2) is 54.6 Å². The SMILES string of the molecule is CC(C)(C(O)c1ccccc1)N(O)Cc1ccccc1Cl. The molecule has 0 amide bonds. The van der Waals surface area contributed by atoms with Crippen molar-refractivity contribution in [2.75, 3.05) is 0 Å². The first-order valence-corrected chi connectivity index (χ1v) is 7.23. The molecule has 0 radical (unpaired) electrons. The van der Waals surface area contributed by atoms with Gasteiger partial charge in [0.25, 0.3) is 0 Å². The first-order valence-electron chi connectivity index (χ1n) is 6.86. The summed E-state index contributed by atoms with van der Waals surface area (Å²) in [4.78, 5) is 0. The van der Waals surface area contributed by atoms with E-state index in [1.807, 2.05) is 48.5 Å². The zero-order valence-electron chi connectivity index (χ0n) is 12.2. The molecule has 0 aliphatic heterocycles. The van der Waals surface area contributed by atoms with Crippen LogP contribution in [0.5, 0.6) is 0 Å². The van der Waals surface area contributed by atoms with Gasteiger partial charge in [0, 0.05) is 5.02 Å². The van der Waals surface area contributed by atoms with Crippen LogP contribution in [0, 0.1) is 0 Å². The predicted molar refractivity (Wildman–Crippen MR) is 84.3 cm³/mol. The van der Waals surface area contributed by atoms with Crippen LogP contribution in [-0.2, 0) is 6.54 Å². The Labute approximate surface area is 130 Å². The van der Waals surface area contributed by atoms with Crippen LogP contribution >= 0.6 is 11.6 Å². The lowest BCUT2D eigenvalue weighted by Gasteiger charge is -2.38. The smallest absolute Gasteiger partial charge is 0.0991 e. The summed E-state index contributed by atoms with van der Waals surface area (Å²) in [5.41, 5.74) is 0.733. The molecule has 1 unspecified atom stereocenters. The minimum Gasteiger partial charge on any atom is -0.386 e. The molecular weight excluding hydrogens is 286 g/mol. The molecule has 0 saturated carbocycles. The Bertz CT molecular complexity index is 586. The van der Waals surface area contributed by atoms with E-state index in [0.717, 1.165) is 16.2 Å². The molecule has 0 bridgehead atoms. The number of halogens is 1. The largest absolute Gasteiger partial charge is 0.386 e. The van der Waals surface area contributed by atoms with Crippen molar-refractivity contribution in [2.45, 2.75) is 32.0 Å². The average Bonchev–Trinajstić information content (AvgIpc) is 2.49. The maximum absolute atomic E-state index is 10.5. The number of aliphatic hydroxyl groups excluding tert-OH is 1. The molecule has 21 heavy (non-hydrogen) atoms. The van der Waals surface area contributed by atoms with Gasteiger partial charge < -0.3 is 10.3 Å². The van der Waals surface area contributed by atoms with Crippen LogP contribution in [0.25, 0.3) is 0 Å². The van der Waals surface area contributed by atoms with Crippen molar-refractivity contribution in [3.8, 4) is 0 Å². The monoisotopic (exact) mass is 305 g/mol. The highest BCUT2D eigenvalue weighted by atomic mass is 35.5. The van der Waals surface area contributed by atoms with E-state index in [-0.39, 0.29) is 6.54 Å². The van der Waals surface area contributed by atoms with Gasteiger partial charge in [-0.15, -0.1) is 0 Å². The molecule has 0 aliphatic carbocycles. The molecule has 0 heterocycles. The van der Waals surface area contributed by atoms with E-state index < -0.39 is 11.6 Å². The fourth-order valence-corrected chi connectivity index (χ4v) is 2.37. The Hall–Kier alpha value is -1.39. The normalized spacial score (nSPS) is 13.4. The fraction of sp³-hybridized carbons (Fsp3) is 0.294. The highest BCUT2D eigenvalue weighted by molar-refractivity contribution is 6.31.